The summed E-state index contributed by atoms with van der Waals surface area (Å²) in [5.74, 6) is 5.18. The maximum absolute atomic E-state index is 11.9. The summed E-state index contributed by atoms with van der Waals surface area (Å²) in [7, 11) is 0. The number of halogens is 3. The lowest BCUT2D eigenvalue weighted by Gasteiger charge is -2.09. The molecule has 0 bridgehead atoms. The van der Waals surface area contributed by atoms with E-state index in [9.17, 15) is 18.0 Å². The number of ether oxygens (including phenoxy) is 1. The van der Waals surface area contributed by atoms with E-state index in [1.54, 1.807) is 23.5 Å². The van der Waals surface area contributed by atoms with Gasteiger partial charge < -0.3 is 10.1 Å². The second kappa shape index (κ2) is 6.53. The van der Waals surface area contributed by atoms with Gasteiger partial charge in [-0.2, -0.15) is 13.2 Å². The smallest absolute Gasteiger partial charge is 0.471 e. The van der Waals surface area contributed by atoms with Crippen molar-refractivity contribution in [2.24, 2.45) is 5.92 Å². The fourth-order valence-electron chi connectivity index (χ4n) is 1.51. The Hall–Kier alpha value is -2.16. The Kier molecular flexibility index (Phi) is 4.73. The van der Waals surface area contributed by atoms with Gasteiger partial charge in [0.05, 0.1) is 6.54 Å². The lowest BCUT2D eigenvalue weighted by molar-refractivity contribution is -0.173. The van der Waals surface area contributed by atoms with Crippen LogP contribution in [0.3, 0.4) is 0 Å². The Morgan fingerprint density at radius 3 is 2.81 bits per heavy atom. The van der Waals surface area contributed by atoms with E-state index < -0.39 is 12.1 Å². The molecular weight excluding hydrogens is 283 g/mol. The van der Waals surface area contributed by atoms with Crippen molar-refractivity contribution in [3.05, 3.63) is 29.8 Å². The van der Waals surface area contributed by atoms with Gasteiger partial charge in [-0.05, 0) is 31.0 Å². The van der Waals surface area contributed by atoms with Crippen molar-refractivity contribution in [3.63, 3.8) is 0 Å². The zero-order valence-corrected chi connectivity index (χ0v) is 11.2. The average Bonchev–Trinajstić information content (AvgIpc) is 3.25. The summed E-state index contributed by atoms with van der Waals surface area (Å²) in [5.41, 5.74) is 0.804. The van der Waals surface area contributed by atoms with Gasteiger partial charge in [0.25, 0.3) is 0 Å². The Balaban J connectivity index is 1.77. The van der Waals surface area contributed by atoms with E-state index in [-0.39, 0.29) is 13.2 Å². The van der Waals surface area contributed by atoms with Crippen LogP contribution in [0.15, 0.2) is 24.3 Å². The third-order valence-electron chi connectivity index (χ3n) is 2.75. The monoisotopic (exact) mass is 297 g/mol. The lowest BCUT2D eigenvalue weighted by atomic mass is 10.2. The molecule has 1 aliphatic rings. The van der Waals surface area contributed by atoms with E-state index in [0.717, 1.165) is 18.4 Å². The molecule has 1 aromatic carbocycles. The van der Waals surface area contributed by atoms with Crippen molar-refractivity contribution >= 4 is 5.91 Å². The van der Waals surface area contributed by atoms with E-state index in [4.69, 9.17) is 4.74 Å². The van der Waals surface area contributed by atoms with Crippen LogP contribution in [-0.4, -0.2) is 25.2 Å². The van der Waals surface area contributed by atoms with Crippen LogP contribution in [-0.2, 0) is 4.79 Å². The quantitative estimate of drug-likeness (QED) is 0.685. The van der Waals surface area contributed by atoms with E-state index in [1.807, 2.05) is 6.07 Å². The first-order valence-corrected chi connectivity index (χ1v) is 6.54. The van der Waals surface area contributed by atoms with Crippen LogP contribution in [0.4, 0.5) is 13.2 Å². The standard InChI is InChI=1S/C15H14F3NO2/c16-15(17,18)14(20)19-8-9-21-13-3-1-2-12(10-13)7-6-11-4-5-11/h1-3,10-11H,4-5,8-9H2,(H,19,20). The van der Waals surface area contributed by atoms with Crippen LogP contribution in [0, 0.1) is 17.8 Å². The van der Waals surface area contributed by atoms with E-state index >= 15 is 0 Å². The second-order valence-electron chi connectivity index (χ2n) is 4.67. The minimum atomic E-state index is -4.86. The van der Waals surface area contributed by atoms with Gasteiger partial charge >= 0.3 is 12.1 Å². The number of hydrogen-bond donors (Lipinski definition) is 1. The van der Waals surface area contributed by atoms with Crippen LogP contribution >= 0.6 is 0 Å². The summed E-state index contributed by atoms with van der Waals surface area (Å²) in [6.45, 7) is -0.252. The number of rotatable bonds is 4. The molecule has 6 heteroatoms. The summed E-state index contributed by atoms with van der Waals surface area (Å²) < 4.78 is 41.1. The van der Waals surface area contributed by atoms with Crippen molar-refractivity contribution in [3.8, 4) is 17.6 Å². The Labute approximate surface area is 120 Å². The lowest BCUT2D eigenvalue weighted by Crippen LogP contribution is -2.38. The van der Waals surface area contributed by atoms with Crippen LogP contribution in [0.25, 0.3) is 0 Å². The van der Waals surface area contributed by atoms with Gasteiger partial charge in [0, 0.05) is 11.5 Å². The maximum atomic E-state index is 11.9. The molecule has 0 saturated heterocycles. The molecular formula is C15H14F3NO2. The van der Waals surface area contributed by atoms with Gasteiger partial charge in [0.2, 0.25) is 0 Å². The number of alkyl halides is 3. The third-order valence-corrected chi connectivity index (χ3v) is 2.75. The van der Waals surface area contributed by atoms with E-state index in [1.165, 1.54) is 0 Å². The third kappa shape index (κ3) is 5.38. The first-order chi connectivity index (χ1) is 9.95. The SMILES string of the molecule is O=C(NCCOc1cccc(C#CC2CC2)c1)C(F)(F)F. The zero-order chi connectivity index (χ0) is 15.3. The number of carbonyl (C=O) groups excluding carboxylic acids is 1. The minimum Gasteiger partial charge on any atom is -0.492 e. The van der Waals surface area contributed by atoms with Gasteiger partial charge in [0.1, 0.15) is 12.4 Å². The van der Waals surface area contributed by atoms with Crippen LogP contribution in [0.5, 0.6) is 5.75 Å². The molecule has 112 valence electrons. The molecule has 0 atom stereocenters. The van der Waals surface area contributed by atoms with E-state index in [0.29, 0.717) is 11.7 Å². The first-order valence-electron chi connectivity index (χ1n) is 6.54. The van der Waals surface area contributed by atoms with Crippen molar-refractivity contribution in [2.75, 3.05) is 13.2 Å². The highest BCUT2D eigenvalue weighted by molar-refractivity contribution is 5.81. The van der Waals surface area contributed by atoms with Crippen LogP contribution < -0.4 is 10.1 Å². The zero-order valence-electron chi connectivity index (χ0n) is 11.2. The summed E-state index contributed by atoms with van der Waals surface area (Å²) >= 11 is 0. The van der Waals surface area contributed by atoms with Gasteiger partial charge in [-0.15, -0.1) is 0 Å². The predicted molar refractivity (Wildman–Crippen MR) is 70.6 cm³/mol. The molecule has 1 aromatic rings. The first kappa shape index (κ1) is 15.2. The average molecular weight is 297 g/mol. The molecule has 0 spiro atoms. The number of nitrogens with one attached hydrogen (secondary N) is 1. The summed E-state index contributed by atoms with van der Waals surface area (Å²) in [6.07, 6.45) is -2.58. The van der Waals surface area contributed by atoms with Crippen LogP contribution in [0.1, 0.15) is 18.4 Å². The molecule has 0 radical (unpaired) electrons. The Morgan fingerprint density at radius 2 is 2.14 bits per heavy atom. The molecule has 1 aliphatic carbocycles. The second-order valence-corrected chi connectivity index (χ2v) is 4.67. The fraction of sp³-hybridized carbons (Fsp3) is 0.400. The summed E-state index contributed by atoms with van der Waals surface area (Å²) in [4.78, 5) is 10.6. The molecule has 21 heavy (non-hydrogen) atoms. The maximum Gasteiger partial charge on any atom is 0.471 e. The van der Waals surface area contributed by atoms with Crippen molar-refractivity contribution in [1.29, 1.82) is 0 Å². The summed E-state index contributed by atoms with van der Waals surface area (Å²) in [6, 6.07) is 7.02. The number of amides is 1. The molecule has 0 heterocycles. The number of hydrogen-bond acceptors (Lipinski definition) is 2. The molecule has 3 nitrogen and oxygen atoms in total. The van der Waals surface area contributed by atoms with Gasteiger partial charge in [0.15, 0.2) is 0 Å². The molecule has 1 fully saturated rings. The van der Waals surface area contributed by atoms with Gasteiger partial charge in [-0.25, -0.2) is 0 Å². The molecule has 1 N–H and O–H groups in total. The van der Waals surface area contributed by atoms with Gasteiger partial charge in [-0.3, -0.25) is 4.79 Å². The van der Waals surface area contributed by atoms with Gasteiger partial charge in [-0.1, -0.05) is 17.9 Å². The largest absolute Gasteiger partial charge is 0.492 e. The molecule has 1 saturated carbocycles. The van der Waals surface area contributed by atoms with Crippen molar-refractivity contribution in [1.82, 2.24) is 5.32 Å². The molecule has 0 unspecified atom stereocenters. The van der Waals surface area contributed by atoms with Crippen molar-refractivity contribution < 1.29 is 22.7 Å². The Morgan fingerprint density at radius 1 is 1.38 bits per heavy atom. The highest BCUT2D eigenvalue weighted by atomic mass is 19.4. The van der Waals surface area contributed by atoms with Crippen molar-refractivity contribution in [2.45, 2.75) is 19.0 Å². The molecule has 2 rings (SSSR count). The van der Waals surface area contributed by atoms with E-state index in [2.05, 4.69) is 11.8 Å². The molecule has 1 amide bonds. The normalized spacial score (nSPS) is 14.0. The van der Waals surface area contributed by atoms with Crippen LogP contribution in [0.2, 0.25) is 0 Å². The Bertz CT molecular complexity index is 568. The topological polar surface area (TPSA) is 38.3 Å². The molecule has 0 aliphatic heterocycles. The fourth-order valence-corrected chi connectivity index (χ4v) is 1.51. The highest BCUT2D eigenvalue weighted by Crippen LogP contribution is 2.27. The summed E-state index contributed by atoms with van der Waals surface area (Å²) in [5, 5.41) is 1.74. The number of benzene rings is 1. The minimum absolute atomic E-state index is 0.0404. The predicted octanol–water partition coefficient (Wildman–Crippen LogP) is 2.51. The number of carbonyl (C=O) groups is 1. The highest BCUT2D eigenvalue weighted by Gasteiger charge is 2.38. The molecule has 0 aromatic heterocycles.